The van der Waals surface area contributed by atoms with Crippen molar-refractivity contribution in [2.24, 2.45) is 5.92 Å². The number of hydrogen-bond acceptors (Lipinski definition) is 8. The van der Waals surface area contributed by atoms with E-state index in [2.05, 4.69) is 10.6 Å². The summed E-state index contributed by atoms with van der Waals surface area (Å²) in [5.41, 5.74) is 0.868. The Kier molecular flexibility index (Phi) is 10.7. The van der Waals surface area contributed by atoms with Crippen LogP contribution in [0.25, 0.3) is 6.08 Å². The Bertz CT molecular complexity index is 1210. The SMILES string of the molecule is C[C@@H]1/C=C\C(=O)[C@@H](O)[C@@H](O)C/C=C/c2cc(OCCCNC(=O)Nc3ccccc3)cc(O)c2C(=O)O[C@H]1C. The lowest BCUT2D eigenvalue weighted by atomic mass is 9.99. The number of benzene rings is 2. The number of carbonyl (C=O) groups is 3. The first kappa shape index (κ1) is 29.4. The number of carbonyl (C=O) groups excluding carboxylic acids is 3. The van der Waals surface area contributed by atoms with Crippen LogP contribution in [0.5, 0.6) is 11.5 Å². The Morgan fingerprint density at radius 2 is 1.85 bits per heavy atom. The molecule has 2 aromatic carbocycles. The van der Waals surface area contributed by atoms with Crippen LogP contribution in [0.1, 0.15) is 42.6 Å². The number of urea groups is 1. The highest BCUT2D eigenvalue weighted by atomic mass is 16.5. The third-order valence-electron chi connectivity index (χ3n) is 6.16. The molecule has 2 amide bonds. The Morgan fingerprint density at radius 3 is 2.59 bits per heavy atom. The number of ether oxygens (including phenoxy) is 2. The minimum absolute atomic E-state index is 0.0796. The molecule has 0 aliphatic carbocycles. The number of ketones is 1. The molecule has 10 heteroatoms. The summed E-state index contributed by atoms with van der Waals surface area (Å²) in [6.45, 7) is 3.93. The number of para-hydroxylation sites is 1. The fourth-order valence-corrected chi connectivity index (χ4v) is 3.71. The van der Waals surface area contributed by atoms with E-state index in [0.29, 0.717) is 18.7 Å². The summed E-state index contributed by atoms with van der Waals surface area (Å²) in [4.78, 5) is 37.1. The lowest BCUT2D eigenvalue weighted by molar-refractivity contribution is -0.127. The highest BCUT2D eigenvalue weighted by molar-refractivity contribution is 5.97. The van der Waals surface area contributed by atoms with Crippen LogP contribution in [0, 0.1) is 5.92 Å². The fraction of sp³-hybridized carbons (Fsp3) is 0.345. The van der Waals surface area contributed by atoms with Gasteiger partial charge in [-0.2, -0.15) is 0 Å². The molecule has 5 N–H and O–H groups in total. The molecule has 0 spiro atoms. The molecular formula is C29H34N2O8. The maximum atomic E-state index is 13.0. The van der Waals surface area contributed by atoms with Crippen LogP contribution >= 0.6 is 0 Å². The molecule has 208 valence electrons. The van der Waals surface area contributed by atoms with Crippen molar-refractivity contribution < 1.29 is 39.2 Å². The van der Waals surface area contributed by atoms with Gasteiger partial charge in [-0.15, -0.1) is 0 Å². The van der Waals surface area contributed by atoms with Gasteiger partial charge in [0.15, 0.2) is 5.78 Å². The number of amides is 2. The number of phenols is 1. The topological polar surface area (TPSA) is 154 Å². The second-order valence-electron chi connectivity index (χ2n) is 9.24. The van der Waals surface area contributed by atoms with Crippen molar-refractivity contribution in [1.29, 1.82) is 0 Å². The zero-order valence-electron chi connectivity index (χ0n) is 21.9. The summed E-state index contributed by atoms with van der Waals surface area (Å²) in [6.07, 6.45) is 2.40. The second-order valence-corrected chi connectivity index (χ2v) is 9.24. The van der Waals surface area contributed by atoms with Crippen LogP contribution in [0.15, 0.2) is 60.7 Å². The molecule has 0 saturated carbocycles. The molecule has 0 radical (unpaired) electrons. The molecule has 0 unspecified atom stereocenters. The third kappa shape index (κ3) is 8.69. The average Bonchev–Trinajstić information content (AvgIpc) is 2.90. The maximum Gasteiger partial charge on any atom is 0.342 e. The van der Waals surface area contributed by atoms with Crippen molar-refractivity contribution in [2.75, 3.05) is 18.5 Å². The number of hydrogen-bond donors (Lipinski definition) is 5. The van der Waals surface area contributed by atoms with E-state index in [1.165, 1.54) is 36.4 Å². The third-order valence-corrected chi connectivity index (χ3v) is 6.16. The smallest absolute Gasteiger partial charge is 0.342 e. The van der Waals surface area contributed by atoms with Gasteiger partial charge in [-0.1, -0.05) is 43.4 Å². The van der Waals surface area contributed by atoms with Gasteiger partial charge in [0.1, 0.15) is 29.3 Å². The van der Waals surface area contributed by atoms with E-state index in [1.54, 1.807) is 26.0 Å². The summed E-state index contributed by atoms with van der Waals surface area (Å²) in [6, 6.07) is 11.5. The molecular weight excluding hydrogens is 504 g/mol. The monoisotopic (exact) mass is 538 g/mol. The molecule has 1 aliphatic rings. The first-order chi connectivity index (χ1) is 18.7. The van der Waals surface area contributed by atoms with Crippen LogP contribution in [0.3, 0.4) is 0 Å². The highest BCUT2D eigenvalue weighted by Gasteiger charge is 2.25. The molecule has 4 atom stereocenters. The molecule has 0 bridgehead atoms. The molecule has 1 heterocycles. The predicted molar refractivity (Wildman–Crippen MR) is 146 cm³/mol. The lowest BCUT2D eigenvalue weighted by Crippen LogP contribution is -2.32. The van der Waals surface area contributed by atoms with Gasteiger partial charge in [-0.05, 0) is 49.6 Å². The van der Waals surface area contributed by atoms with Crippen molar-refractivity contribution in [2.45, 2.75) is 45.0 Å². The Morgan fingerprint density at radius 1 is 1.10 bits per heavy atom. The molecule has 39 heavy (non-hydrogen) atoms. The number of aliphatic hydroxyl groups excluding tert-OH is 2. The molecule has 10 nitrogen and oxygen atoms in total. The van der Waals surface area contributed by atoms with Gasteiger partial charge in [-0.3, -0.25) is 4.79 Å². The Labute approximate surface area is 227 Å². The second kappa shape index (κ2) is 14.1. The Hall–Kier alpha value is -4.15. The van der Waals surface area contributed by atoms with E-state index < -0.39 is 30.1 Å². The molecule has 2 aromatic rings. The minimum atomic E-state index is -1.61. The van der Waals surface area contributed by atoms with Crippen molar-refractivity contribution in [1.82, 2.24) is 5.32 Å². The van der Waals surface area contributed by atoms with Crippen molar-refractivity contribution in [3.63, 3.8) is 0 Å². The first-order valence-electron chi connectivity index (χ1n) is 12.7. The zero-order valence-corrected chi connectivity index (χ0v) is 21.9. The number of esters is 1. The minimum Gasteiger partial charge on any atom is -0.507 e. The number of nitrogens with one attached hydrogen (secondary N) is 2. The quantitative estimate of drug-likeness (QED) is 0.277. The van der Waals surface area contributed by atoms with E-state index in [1.807, 2.05) is 18.2 Å². The number of phenolic OH excluding ortho intramolecular Hbond substituents is 1. The standard InChI is InChI=1S/C29H34N2O8/c1-18-12-13-24(33)27(35)23(32)11-6-8-20-16-22(17-25(34)26(20)28(36)39-19(18)2)38-15-7-14-30-29(37)31-21-9-4-3-5-10-21/h3-6,8-10,12-13,16-19,23,27,32,34-35H,7,11,14-15H2,1-2H3,(H2,30,31,37)/b8-6+,13-12-/t18-,19+,23+,27+/m1/s1. The number of fused-ring (bicyclic) bond motifs is 1. The number of aromatic hydroxyl groups is 1. The average molecular weight is 539 g/mol. The largest absolute Gasteiger partial charge is 0.507 e. The number of cyclic esters (lactones) is 1. The van der Waals surface area contributed by atoms with E-state index in [-0.39, 0.29) is 47.6 Å². The van der Waals surface area contributed by atoms with Crippen molar-refractivity contribution in [3.05, 3.63) is 71.8 Å². The van der Waals surface area contributed by atoms with Crippen LogP contribution in [0.2, 0.25) is 0 Å². The molecule has 0 aromatic heterocycles. The van der Waals surface area contributed by atoms with Crippen LogP contribution in [-0.2, 0) is 9.53 Å². The van der Waals surface area contributed by atoms with E-state index in [0.717, 1.165) is 0 Å². The molecule has 0 fully saturated rings. The molecule has 0 saturated heterocycles. The van der Waals surface area contributed by atoms with Gasteiger partial charge >= 0.3 is 12.0 Å². The van der Waals surface area contributed by atoms with E-state index in [9.17, 15) is 29.7 Å². The van der Waals surface area contributed by atoms with Gasteiger partial charge in [0.2, 0.25) is 0 Å². The molecule has 1 aliphatic heterocycles. The Balaban J connectivity index is 1.68. The zero-order chi connectivity index (χ0) is 28.4. The normalized spacial score (nSPS) is 23.5. The first-order valence-corrected chi connectivity index (χ1v) is 12.7. The summed E-state index contributed by atoms with van der Waals surface area (Å²) >= 11 is 0. The van der Waals surface area contributed by atoms with Gasteiger partial charge in [0.05, 0.1) is 12.7 Å². The van der Waals surface area contributed by atoms with Crippen molar-refractivity contribution >= 4 is 29.5 Å². The number of rotatable bonds is 6. The van der Waals surface area contributed by atoms with Gasteiger partial charge in [0, 0.05) is 24.2 Å². The van der Waals surface area contributed by atoms with E-state index in [4.69, 9.17) is 9.47 Å². The number of anilines is 1. The number of aliphatic hydroxyl groups is 2. The van der Waals surface area contributed by atoms with Gasteiger partial charge in [-0.25, -0.2) is 9.59 Å². The van der Waals surface area contributed by atoms with Crippen LogP contribution < -0.4 is 15.4 Å². The maximum absolute atomic E-state index is 13.0. The van der Waals surface area contributed by atoms with Crippen molar-refractivity contribution in [3.8, 4) is 11.5 Å². The fourth-order valence-electron chi connectivity index (χ4n) is 3.71. The summed E-state index contributed by atoms with van der Waals surface area (Å²) in [7, 11) is 0. The van der Waals surface area contributed by atoms with Gasteiger partial charge in [0.25, 0.3) is 0 Å². The highest BCUT2D eigenvalue weighted by Crippen LogP contribution is 2.31. The summed E-state index contributed by atoms with van der Waals surface area (Å²) in [5.74, 6) is -1.87. The van der Waals surface area contributed by atoms with Crippen LogP contribution in [-0.4, -0.2) is 64.6 Å². The molecule has 3 rings (SSSR count). The van der Waals surface area contributed by atoms with Gasteiger partial charge < -0.3 is 35.4 Å². The van der Waals surface area contributed by atoms with E-state index >= 15 is 0 Å². The predicted octanol–water partition coefficient (Wildman–Crippen LogP) is 3.43. The summed E-state index contributed by atoms with van der Waals surface area (Å²) in [5, 5.41) is 36.5. The summed E-state index contributed by atoms with van der Waals surface area (Å²) < 4.78 is 11.2. The van der Waals surface area contributed by atoms with Crippen LogP contribution in [0.4, 0.5) is 10.5 Å². The lowest BCUT2D eigenvalue weighted by Gasteiger charge is -2.20.